The molecule has 3 atom stereocenters. The Balaban J connectivity index is 1.81. The molecule has 1 saturated carbocycles. The summed E-state index contributed by atoms with van der Waals surface area (Å²) in [5.41, 5.74) is 0. The highest BCUT2D eigenvalue weighted by Crippen LogP contribution is 2.38. The molecule has 0 aromatic heterocycles. The standard InChI is InChI=1S/C14H25F3N2/c1-2-7-18-9-11-5-6-13(11)19-8-3-4-12(10-19)14(15,16)17/h11-13,18H,2-10H2,1H3. The summed E-state index contributed by atoms with van der Waals surface area (Å²) in [6.45, 7) is 5.17. The van der Waals surface area contributed by atoms with Crippen LogP contribution in [0.1, 0.15) is 39.0 Å². The molecule has 1 aliphatic heterocycles. The predicted octanol–water partition coefficient (Wildman–Crippen LogP) is 3.04. The Morgan fingerprint density at radius 1 is 1.21 bits per heavy atom. The van der Waals surface area contributed by atoms with E-state index in [4.69, 9.17) is 0 Å². The van der Waals surface area contributed by atoms with Gasteiger partial charge in [-0.1, -0.05) is 6.92 Å². The average molecular weight is 278 g/mol. The van der Waals surface area contributed by atoms with Crippen molar-refractivity contribution in [3.05, 3.63) is 0 Å². The summed E-state index contributed by atoms with van der Waals surface area (Å²) in [5.74, 6) is -0.551. The maximum atomic E-state index is 12.8. The highest BCUT2D eigenvalue weighted by atomic mass is 19.4. The number of rotatable bonds is 5. The second kappa shape index (κ2) is 6.44. The van der Waals surface area contributed by atoms with Crippen LogP contribution in [0.15, 0.2) is 0 Å². The van der Waals surface area contributed by atoms with Crippen LogP contribution in [-0.2, 0) is 0 Å². The van der Waals surface area contributed by atoms with Crippen molar-refractivity contribution in [1.29, 1.82) is 0 Å². The minimum Gasteiger partial charge on any atom is -0.316 e. The summed E-state index contributed by atoms with van der Waals surface area (Å²) in [4.78, 5) is 2.10. The van der Waals surface area contributed by atoms with E-state index in [-0.39, 0.29) is 6.54 Å². The zero-order chi connectivity index (χ0) is 13.9. The molecule has 0 amide bonds. The molecule has 3 unspecified atom stereocenters. The second-order valence-corrected chi connectivity index (χ2v) is 5.98. The number of hydrogen-bond acceptors (Lipinski definition) is 2. The lowest BCUT2D eigenvalue weighted by molar-refractivity contribution is -0.191. The quantitative estimate of drug-likeness (QED) is 0.778. The number of nitrogens with one attached hydrogen (secondary N) is 1. The molecule has 0 radical (unpaired) electrons. The normalized spacial score (nSPS) is 33.2. The first-order valence-corrected chi connectivity index (χ1v) is 7.54. The molecule has 1 heterocycles. The van der Waals surface area contributed by atoms with Crippen LogP contribution in [0, 0.1) is 11.8 Å². The fourth-order valence-corrected chi connectivity index (χ4v) is 3.31. The number of nitrogens with zero attached hydrogens (tertiary/aromatic N) is 1. The molecule has 0 spiro atoms. The number of alkyl halides is 3. The van der Waals surface area contributed by atoms with Crippen molar-refractivity contribution in [3.63, 3.8) is 0 Å². The Hall–Kier alpha value is -0.290. The molecule has 0 aromatic rings. The van der Waals surface area contributed by atoms with E-state index in [1.807, 2.05) is 0 Å². The van der Waals surface area contributed by atoms with E-state index in [0.29, 0.717) is 24.8 Å². The monoisotopic (exact) mass is 278 g/mol. The van der Waals surface area contributed by atoms with Gasteiger partial charge in [0.25, 0.3) is 0 Å². The third kappa shape index (κ3) is 3.85. The Bertz CT molecular complexity index is 280. The molecule has 5 heteroatoms. The van der Waals surface area contributed by atoms with E-state index >= 15 is 0 Å². The van der Waals surface area contributed by atoms with Crippen LogP contribution in [0.3, 0.4) is 0 Å². The van der Waals surface area contributed by atoms with Crippen molar-refractivity contribution < 1.29 is 13.2 Å². The highest BCUT2D eigenvalue weighted by Gasteiger charge is 2.45. The van der Waals surface area contributed by atoms with E-state index in [2.05, 4.69) is 17.1 Å². The van der Waals surface area contributed by atoms with E-state index in [1.165, 1.54) is 0 Å². The summed E-state index contributed by atoms with van der Waals surface area (Å²) in [7, 11) is 0. The van der Waals surface area contributed by atoms with Crippen molar-refractivity contribution in [2.24, 2.45) is 11.8 Å². The molecule has 1 aliphatic carbocycles. The maximum Gasteiger partial charge on any atom is 0.393 e. The van der Waals surface area contributed by atoms with Gasteiger partial charge in [-0.3, -0.25) is 4.90 Å². The Labute approximate surface area is 113 Å². The molecular weight excluding hydrogens is 253 g/mol. The molecule has 2 rings (SSSR count). The maximum absolute atomic E-state index is 12.8. The third-order valence-electron chi connectivity index (χ3n) is 4.60. The van der Waals surface area contributed by atoms with Crippen LogP contribution in [0.2, 0.25) is 0 Å². The second-order valence-electron chi connectivity index (χ2n) is 5.98. The average Bonchev–Trinajstić information content (AvgIpc) is 2.32. The molecule has 0 bridgehead atoms. The van der Waals surface area contributed by atoms with Crippen LogP contribution >= 0.6 is 0 Å². The van der Waals surface area contributed by atoms with Crippen molar-refractivity contribution >= 4 is 0 Å². The van der Waals surface area contributed by atoms with Gasteiger partial charge in [0.05, 0.1) is 5.92 Å². The van der Waals surface area contributed by atoms with Gasteiger partial charge in [-0.05, 0) is 57.7 Å². The van der Waals surface area contributed by atoms with Crippen molar-refractivity contribution in [3.8, 4) is 0 Å². The first-order valence-electron chi connectivity index (χ1n) is 7.54. The molecule has 19 heavy (non-hydrogen) atoms. The SMILES string of the molecule is CCCNCC1CCC1N1CCCC(C(F)(F)F)C1. The van der Waals surface area contributed by atoms with Crippen LogP contribution < -0.4 is 5.32 Å². The molecule has 112 valence electrons. The van der Waals surface area contributed by atoms with E-state index in [9.17, 15) is 13.2 Å². The summed E-state index contributed by atoms with van der Waals surface area (Å²) in [6.07, 6.45) is 0.328. The highest BCUT2D eigenvalue weighted by molar-refractivity contribution is 4.93. The van der Waals surface area contributed by atoms with Gasteiger partial charge < -0.3 is 5.32 Å². The van der Waals surface area contributed by atoms with Gasteiger partial charge in [0.15, 0.2) is 0 Å². The zero-order valence-electron chi connectivity index (χ0n) is 11.7. The third-order valence-corrected chi connectivity index (χ3v) is 4.60. The van der Waals surface area contributed by atoms with Crippen LogP contribution in [0.4, 0.5) is 13.2 Å². The molecule has 0 aromatic carbocycles. The topological polar surface area (TPSA) is 15.3 Å². The summed E-state index contributed by atoms with van der Waals surface area (Å²) >= 11 is 0. The van der Waals surface area contributed by atoms with Crippen molar-refractivity contribution in [2.45, 2.75) is 51.2 Å². The lowest BCUT2D eigenvalue weighted by atomic mass is 9.77. The fraction of sp³-hybridized carbons (Fsp3) is 1.00. The van der Waals surface area contributed by atoms with E-state index in [0.717, 1.165) is 38.9 Å². The molecule has 1 N–H and O–H groups in total. The lowest BCUT2D eigenvalue weighted by Gasteiger charge is -2.47. The zero-order valence-corrected chi connectivity index (χ0v) is 11.7. The Morgan fingerprint density at radius 2 is 2.00 bits per heavy atom. The van der Waals surface area contributed by atoms with Gasteiger partial charge in [0.2, 0.25) is 0 Å². The van der Waals surface area contributed by atoms with E-state index < -0.39 is 12.1 Å². The van der Waals surface area contributed by atoms with Gasteiger partial charge in [-0.2, -0.15) is 13.2 Å². The number of piperidine rings is 1. The van der Waals surface area contributed by atoms with Gasteiger partial charge in [-0.15, -0.1) is 0 Å². The largest absolute Gasteiger partial charge is 0.393 e. The van der Waals surface area contributed by atoms with Gasteiger partial charge >= 0.3 is 6.18 Å². The lowest BCUT2D eigenvalue weighted by Crippen LogP contribution is -2.55. The van der Waals surface area contributed by atoms with Gasteiger partial charge in [0.1, 0.15) is 0 Å². The van der Waals surface area contributed by atoms with Gasteiger partial charge in [0, 0.05) is 12.6 Å². The van der Waals surface area contributed by atoms with Crippen molar-refractivity contribution in [2.75, 3.05) is 26.2 Å². The Morgan fingerprint density at radius 3 is 2.58 bits per heavy atom. The minimum absolute atomic E-state index is 0.221. The minimum atomic E-state index is -4.02. The summed E-state index contributed by atoms with van der Waals surface area (Å²) in [6, 6.07) is 0.384. The van der Waals surface area contributed by atoms with Gasteiger partial charge in [-0.25, -0.2) is 0 Å². The first-order chi connectivity index (χ1) is 9.02. The van der Waals surface area contributed by atoms with Crippen LogP contribution in [-0.4, -0.2) is 43.3 Å². The number of halogens is 3. The number of likely N-dealkylation sites (tertiary alicyclic amines) is 1. The smallest absolute Gasteiger partial charge is 0.316 e. The molecule has 1 saturated heterocycles. The summed E-state index contributed by atoms with van der Waals surface area (Å²) in [5, 5.41) is 3.40. The molecule has 2 fully saturated rings. The van der Waals surface area contributed by atoms with Crippen molar-refractivity contribution in [1.82, 2.24) is 10.2 Å². The predicted molar refractivity (Wildman–Crippen MR) is 70.0 cm³/mol. The van der Waals surface area contributed by atoms with Crippen LogP contribution in [0.25, 0.3) is 0 Å². The number of hydrogen-bond donors (Lipinski definition) is 1. The molecule has 2 aliphatic rings. The van der Waals surface area contributed by atoms with E-state index in [1.54, 1.807) is 0 Å². The molecule has 2 nitrogen and oxygen atoms in total. The summed E-state index contributed by atoms with van der Waals surface area (Å²) < 4.78 is 38.4. The van der Waals surface area contributed by atoms with Crippen LogP contribution in [0.5, 0.6) is 0 Å². The molecular formula is C14H25F3N2. The first kappa shape index (κ1) is 15.1. The Kier molecular flexibility index (Phi) is 5.12. The fourth-order valence-electron chi connectivity index (χ4n) is 3.31.